The van der Waals surface area contributed by atoms with Gasteiger partial charge in [-0.1, -0.05) is 54.1 Å². The van der Waals surface area contributed by atoms with Crippen molar-refractivity contribution >= 4 is 58.3 Å². The highest BCUT2D eigenvalue weighted by molar-refractivity contribution is 6.41. The molecule has 1 saturated heterocycles. The van der Waals surface area contributed by atoms with E-state index in [1.165, 1.54) is 12.1 Å². The Balaban J connectivity index is 1.62. The van der Waals surface area contributed by atoms with Crippen LogP contribution in [0.4, 0.5) is 10.5 Å². The van der Waals surface area contributed by atoms with Crippen molar-refractivity contribution in [2.45, 2.75) is 37.6 Å². The number of urea groups is 1. The van der Waals surface area contributed by atoms with Gasteiger partial charge < -0.3 is 5.32 Å². The molecule has 0 bridgehead atoms. The molecule has 0 aromatic heterocycles. The summed E-state index contributed by atoms with van der Waals surface area (Å²) >= 11 is 17.9. The Hall–Kier alpha value is -1.70. The Kier molecular flexibility index (Phi) is 5.50. The number of amides is 4. The molecule has 2 aliphatic rings. The number of imide groups is 1. The number of anilines is 1. The third kappa shape index (κ3) is 3.70. The van der Waals surface area contributed by atoms with Crippen LogP contribution < -0.4 is 16.2 Å². The number of hydrazine groups is 1. The molecule has 1 spiro atoms. The highest BCUT2D eigenvalue weighted by Gasteiger charge is 2.51. The summed E-state index contributed by atoms with van der Waals surface area (Å²) in [4.78, 5) is 37.9. The van der Waals surface area contributed by atoms with Gasteiger partial charge in [0.15, 0.2) is 0 Å². The molecule has 1 heterocycles. The van der Waals surface area contributed by atoms with Crippen molar-refractivity contribution in [1.29, 1.82) is 0 Å². The third-order valence-electron chi connectivity index (χ3n) is 4.59. The predicted octanol–water partition coefficient (Wildman–Crippen LogP) is 3.34. The predicted molar refractivity (Wildman–Crippen MR) is 99.3 cm³/mol. The third-order valence-corrected chi connectivity index (χ3v) is 5.40. The summed E-state index contributed by atoms with van der Waals surface area (Å²) in [6.07, 6.45) is 3.99. The van der Waals surface area contributed by atoms with Crippen LogP contribution in [0, 0.1) is 0 Å². The van der Waals surface area contributed by atoms with Crippen LogP contribution in [0.2, 0.25) is 15.1 Å². The molecular weight excluding hydrogens is 403 g/mol. The summed E-state index contributed by atoms with van der Waals surface area (Å²) in [6, 6.07) is 2.39. The summed E-state index contributed by atoms with van der Waals surface area (Å²) in [5, 5.41) is 3.55. The van der Waals surface area contributed by atoms with Gasteiger partial charge in [0.05, 0.1) is 15.7 Å². The van der Waals surface area contributed by atoms with Crippen molar-refractivity contribution in [2.75, 3.05) is 12.0 Å². The van der Waals surface area contributed by atoms with Gasteiger partial charge in [-0.3, -0.25) is 25.3 Å². The lowest BCUT2D eigenvalue weighted by molar-refractivity contribution is -0.135. The Labute approximate surface area is 165 Å². The van der Waals surface area contributed by atoms with E-state index in [1.54, 1.807) is 0 Å². The number of carbonyl (C=O) groups is 3. The van der Waals surface area contributed by atoms with E-state index < -0.39 is 24.0 Å². The standard InChI is InChI=1S/C16H17Cl3N4O3/c17-9-6-10(18)13(11(19)7-9)22-21-12(24)8-23-14(25)16(20-15(23)26)4-2-1-3-5-16/h6-7,22H,1-5,8H2,(H,20,26)(H,21,24). The first-order chi connectivity index (χ1) is 12.3. The van der Waals surface area contributed by atoms with Crippen LogP contribution in [-0.2, 0) is 9.59 Å². The lowest BCUT2D eigenvalue weighted by Crippen LogP contribution is -2.49. The molecule has 2 fully saturated rings. The molecule has 0 unspecified atom stereocenters. The van der Waals surface area contributed by atoms with Crippen molar-refractivity contribution in [3.05, 3.63) is 27.2 Å². The molecule has 1 aliphatic heterocycles. The first-order valence-electron chi connectivity index (χ1n) is 8.16. The highest BCUT2D eigenvalue weighted by atomic mass is 35.5. The smallest absolute Gasteiger partial charge is 0.323 e. The van der Waals surface area contributed by atoms with Crippen LogP contribution in [0.15, 0.2) is 12.1 Å². The number of nitrogens with zero attached hydrogens (tertiary/aromatic N) is 1. The van der Waals surface area contributed by atoms with E-state index in [9.17, 15) is 14.4 Å². The second-order valence-electron chi connectivity index (χ2n) is 6.38. The van der Waals surface area contributed by atoms with Crippen molar-refractivity contribution < 1.29 is 14.4 Å². The first kappa shape index (κ1) is 19.1. The van der Waals surface area contributed by atoms with Crippen LogP contribution in [0.3, 0.4) is 0 Å². The normalized spacial score (nSPS) is 18.8. The summed E-state index contributed by atoms with van der Waals surface area (Å²) < 4.78 is 0. The zero-order chi connectivity index (χ0) is 18.9. The summed E-state index contributed by atoms with van der Waals surface area (Å²) in [5.74, 6) is -0.927. The second kappa shape index (κ2) is 7.50. The van der Waals surface area contributed by atoms with Crippen molar-refractivity contribution in [2.24, 2.45) is 0 Å². The number of carbonyl (C=O) groups excluding carboxylic acids is 3. The van der Waals surface area contributed by atoms with Crippen LogP contribution in [0.1, 0.15) is 32.1 Å². The van der Waals surface area contributed by atoms with E-state index >= 15 is 0 Å². The highest BCUT2D eigenvalue weighted by Crippen LogP contribution is 2.34. The number of rotatable bonds is 4. The fraction of sp³-hybridized carbons (Fsp3) is 0.438. The maximum atomic E-state index is 12.6. The van der Waals surface area contributed by atoms with Gasteiger partial charge in [0.1, 0.15) is 12.1 Å². The van der Waals surface area contributed by atoms with Crippen LogP contribution in [0.25, 0.3) is 0 Å². The lowest BCUT2D eigenvalue weighted by Gasteiger charge is -2.30. The molecule has 1 aromatic carbocycles. The molecule has 4 amide bonds. The van der Waals surface area contributed by atoms with Crippen molar-refractivity contribution in [3.8, 4) is 0 Å². The molecule has 0 radical (unpaired) electrons. The van der Waals surface area contributed by atoms with Crippen LogP contribution in [-0.4, -0.2) is 34.8 Å². The fourth-order valence-electron chi connectivity index (χ4n) is 3.29. The minimum Gasteiger partial charge on any atom is -0.323 e. The van der Waals surface area contributed by atoms with Gasteiger partial charge >= 0.3 is 6.03 Å². The van der Waals surface area contributed by atoms with E-state index in [1.807, 2.05) is 0 Å². The van der Waals surface area contributed by atoms with Gasteiger partial charge in [-0.15, -0.1) is 0 Å². The molecular formula is C16H17Cl3N4O3. The van der Waals surface area contributed by atoms with E-state index in [-0.39, 0.29) is 21.6 Å². The molecule has 1 aliphatic carbocycles. The number of hydrogen-bond donors (Lipinski definition) is 3. The Morgan fingerprint density at radius 2 is 1.73 bits per heavy atom. The number of benzene rings is 1. The van der Waals surface area contributed by atoms with E-state index in [2.05, 4.69) is 16.2 Å². The van der Waals surface area contributed by atoms with Gasteiger partial charge in [-0.25, -0.2) is 4.79 Å². The minimum atomic E-state index is -0.855. The van der Waals surface area contributed by atoms with Gasteiger partial charge in [-0.2, -0.15) is 0 Å². The van der Waals surface area contributed by atoms with E-state index in [4.69, 9.17) is 34.8 Å². The molecule has 140 valence electrons. The van der Waals surface area contributed by atoms with E-state index in [0.717, 1.165) is 24.2 Å². The molecule has 26 heavy (non-hydrogen) atoms. The maximum Gasteiger partial charge on any atom is 0.325 e. The van der Waals surface area contributed by atoms with Crippen molar-refractivity contribution in [3.63, 3.8) is 0 Å². The molecule has 1 aromatic rings. The molecule has 3 N–H and O–H groups in total. The first-order valence-corrected chi connectivity index (χ1v) is 9.29. The summed E-state index contributed by atoms with van der Waals surface area (Å²) in [6.45, 7) is -0.401. The zero-order valence-corrected chi connectivity index (χ0v) is 16.0. The Bertz CT molecular complexity index is 742. The SMILES string of the molecule is O=C(CN1C(=O)NC2(CCCCC2)C1=O)NNc1c(Cl)cc(Cl)cc1Cl. The zero-order valence-electron chi connectivity index (χ0n) is 13.7. The van der Waals surface area contributed by atoms with Crippen molar-refractivity contribution in [1.82, 2.24) is 15.6 Å². The molecule has 7 nitrogen and oxygen atoms in total. The van der Waals surface area contributed by atoms with Gasteiger partial charge in [-0.05, 0) is 25.0 Å². The van der Waals surface area contributed by atoms with Crippen LogP contribution in [0.5, 0.6) is 0 Å². The van der Waals surface area contributed by atoms with Gasteiger partial charge in [0, 0.05) is 5.02 Å². The van der Waals surface area contributed by atoms with Crippen LogP contribution >= 0.6 is 34.8 Å². The fourth-order valence-corrected chi connectivity index (χ4v) is 4.20. The number of nitrogens with one attached hydrogen (secondary N) is 3. The largest absolute Gasteiger partial charge is 0.325 e. The second-order valence-corrected chi connectivity index (χ2v) is 7.63. The average Bonchev–Trinajstić information content (AvgIpc) is 2.79. The minimum absolute atomic E-state index is 0.221. The number of hydrogen-bond acceptors (Lipinski definition) is 4. The molecule has 0 atom stereocenters. The van der Waals surface area contributed by atoms with Gasteiger partial charge in [0.2, 0.25) is 0 Å². The van der Waals surface area contributed by atoms with E-state index in [0.29, 0.717) is 17.9 Å². The topological polar surface area (TPSA) is 90.5 Å². The molecule has 1 saturated carbocycles. The quantitative estimate of drug-likeness (QED) is 0.516. The molecule has 3 rings (SSSR count). The Morgan fingerprint density at radius 1 is 1.12 bits per heavy atom. The monoisotopic (exact) mass is 418 g/mol. The summed E-state index contributed by atoms with van der Waals surface area (Å²) in [5.41, 5.74) is 4.39. The lowest BCUT2D eigenvalue weighted by atomic mass is 9.82. The molecule has 10 heteroatoms. The van der Waals surface area contributed by atoms with Gasteiger partial charge in [0.25, 0.3) is 11.8 Å². The summed E-state index contributed by atoms with van der Waals surface area (Å²) in [7, 11) is 0. The maximum absolute atomic E-state index is 12.6. The average molecular weight is 420 g/mol. The Morgan fingerprint density at radius 3 is 2.35 bits per heavy atom. The number of halogens is 3.